The van der Waals surface area contributed by atoms with Crippen molar-refractivity contribution in [2.24, 2.45) is 10.8 Å². The fourth-order valence-corrected chi connectivity index (χ4v) is 4.49. The number of rotatable bonds is 12. The van der Waals surface area contributed by atoms with E-state index in [2.05, 4.69) is 0 Å². The van der Waals surface area contributed by atoms with Gasteiger partial charge in [-0.3, -0.25) is 19.2 Å². The van der Waals surface area contributed by atoms with Gasteiger partial charge in [0.05, 0.1) is 25.0 Å². The zero-order valence-electron chi connectivity index (χ0n) is 24.8. The van der Waals surface area contributed by atoms with Crippen LogP contribution in [0.2, 0.25) is 0 Å². The molecule has 14 nitrogen and oxygen atoms in total. The number of hydrogen-bond acceptors (Lipinski definition) is 12. The highest BCUT2D eigenvalue weighted by molar-refractivity contribution is 6.39. The van der Waals surface area contributed by atoms with Crippen molar-refractivity contribution in [1.82, 2.24) is 9.80 Å². The maximum atomic E-state index is 12.8. The lowest BCUT2D eigenvalue weighted by atomic mass is 9.88. The third kappa shape index (κ3) is 8.23. The van der Waals surface area contributed by atoms with Gasteiger partial charge in [0, 0.05) is 25.2 Å². The standard InChI is InChI=1S/C28H38N2O12/c1-27(2,21(33)23(35)29-13-7-9-17(29)25(37)39-5)15-41-19(31)11-12-20(32)42-16-28(3,4)22(34)24(36)30-14-8-10-18(30)26(38)40-6/h11-12,17-18H,7-10,13-16H2,1-6H3/b12-11+/t17-,18-/m0/s1. The molecule has 0 spiro atoms. The number of amides is 2. The summed E-state index contributed by atoms with van der Waals surface area (Å²) in [4.78, 5) is 102. The molecule has 0 aromatic rings. The molecule has 42 heavy (non-hydrogen) atoms. The molecule has 0 radical (unpaired) electrons. The number of likely N-dealkylation sites (tertiary alicyclic amines) is 2. The maximum absolute atomic E-state index is 12.8. The number of nitrogens with zero attached hydrogens (tertiary/aromatic N) is 2. The number of methoxy groups -OCH3 is 2. The summed E-state index contributed by atoms with van der Waals surface area (Å²) in [6, 6.07) is -1.71. The molecule has 2 rings (SSSR count). The SMILES string of the molecule is COC(=O)[C@@H]1CCCN1C(=O)C(=O)C(C)(C)COC(=O)/C=C/C(=O)OCC(C)(C)C(=O)C(=O)N1CCC[C@H]1C(=O)OC. The quantitative estimate of drug-likeness (QED) is 0.129. The maximum Gasteiger partial charge on any atom is 0.331 e. The number of esters is 4. The van der Waals surface area contributed by atoms with E-state index in [1.54, 1.807) is 0 Å². The average molecular weight is 595 g/mol. The lowest BCUT2D eigenvalue weighted by Gasteiger charge is -2.27. The van der Waals surface area contributed by atoms with Crippen molar-refractivity contribution < 1.29 is 57.3 Å². The first-order valence-corrected chi connectivity index (χ1v) is 13.5. The molecule has 14 heteroatoms. The minimum Gasteiger partial charge on any atom is -0.467 e. The Morgan fingerprint density at radius 1 is 0.643 bits per heavy atom. The van der Waals surface area contributed by atoms with Gasteiger partial charge in [0.25, 0.3) is 11.8 Å². The van der Waals surface area contributed by atoms with Gasteiger partial charge < -0.3 is 28.7 Å². The number of carbonyl (C=O) groups excluding carboxylic acids is 8. The van der Waals surface area contributed by atoms with Crippen molar-refractivity contribution in [3.63, 3.8) is 0 Å². The molecular formula is C28H38N2O12. The summed E-state index contributed by atoms with van der Waals surface area (Å²) in [5.41, 5.74) is -2.85. The normalized spacial score (nSPS) is 18.9. The largest absolute Gasteiger partial charge is 0.467 e. The van der Waals surface area contributed by atoms with Crippen molar-refractivity contribution in [2.45, 2.75) is 65.5 Å². The van der Waals surface area contributed by atoms with E-state index < -0.39 is 83.4 Å². The molecule has 2 fully saturated rings. The van der Waals surface area contributed by atoms with Crippen LogP contribution in [0.1, 0.15) is 53.4 Å². The van der Waals surface area contributed by atoms with E-state index in [1.807, 2.05) is 0 Å². The summed E-state index contributed by atoms with van der Waals surface area (Å²) < 4.78 is 19.5. The van der Waals surface area contributed by atoms with E-state index in [0.717, 1.165) is 22.0 Å². The molecule has 2 saturated heterocycles. The predicted octanol–water partition coefficient (Wildman–Crippen LogP) is 0.148. The Labute approximate surface area is 243 Å². The molecule has 0 aliphatic carbocycles. The van der Waals surface area contributed by atoms with Gasteiger partial charge in [-0.1, -0.05) is 0 Å². The van der Waals surface area contributed by atoms with Gasteiger partial charge in [-0.25, -0.2) is 19.2 Å². The number of carbonyl (C=O) groups is 8. The van der Waals surface area contributed by atoms with Crippen molar-refractivity contribution in [3.8, 4) is 0 Å². The van der Waals surface area contributed by atoms with Crippen LogP contribution in [0.3, 0.4) is 0 Å². The molecule has 2 aliphatic heterocycles. The Hall–Kier alpha value is -4.10. The summed E-state index contributed by atoms with van der Waals surface area (Å²) in [6.45, 7) is 5.06. The Bertz CT molecular complexity index is 1070. The highest BCUT2D eigenvalue weighted by atomic mass is 16.5. The molecule has 0 aromatic carbocycles. The minimum atomic E-state index is -1.43. The van der Waals surface area contributed by atoms with Crippen LogP contribution in [-0.2, 0) is 57.3 Å². The monoisotopic (exact) mass is 594 g/mol. The third-order valence-electron chi connectivity index (χ3n) is 7.10. The summed E-state index contributed by atoms with van der Waals surface area (Å²) in [5, 5.41) is 0. The molecule has 0 saturated carbocycles. The Balaban J connectivity index is 1.87. The van der Waals surface area contributed by atoms with Crippen molar-refractivity contribution in [3.05, 3.63) is 12.2 Å². The lowest BCUT2D eigenvalue weighted by molar-refractivity contribution is -0.158. The van der Waals surface area contributed by atoms with Crippen LogP contribution >= 0.6 is 0 Å². The highest BCUT2D eigenvalue weighted by Crippen LogP contribution is 2.25. The summed E-state index contributed by atoms with van der Waals surface area (Å²) in [7, 11) is 2.38. The molecule has 0 aromatic heterocycles. The lowest BCUT2D eigenvalue weighted by Crippen LogP contribution is -2.49. The Morgan fingerprint density at radius 2 is 0.976 bits per heavy atom. The van der Waals surface area contributed by atoms with Gasteiger partial charge in [-0.2, -0.15) is 0 Å². The van der Waals surface area contributed by atoms with E-state index in [4.69, 9.17) is 18.9 Å². The number of Topliss-reactive ketones (excluding diaryl/α,β-unsaturated/α-hetero) is 2. The fraction of sp³-hybridized carbons (Fsp3) is 0.643. The van der Waals surface area contributed by atoms with E-state index in [1.165, 1.54) is 41.9 Å². The third-order valence-corrected chi connectivity index (χ3v) is 7.10. The second-order valence-corrected chi connectivity index (χ2v) is 11.3. The molecule has 2 heterocycles. The van der Waals surface area contributed by atoms with Gasteiger partial charge in [0.1, 0.15) is 25.3 Å². The number of ketones is 2. The van der Waals surface area contributed by atoms with Crippen LogP contribution in [0.15, 0.2) is 12.2 Å². The van der Waals surface area contributed by atoms with Crippen LogP contribution < -0.4 is 0 Å². The Kier molecular flexibility index (Phi) is 11.5. The molecule has 0 unspecified atom stereocenters. The van der Waals surface area contributed by atoms with Crippen molar-refractivity contribution in [2.75, 3.05) is 40.5 Å². The van der Waals surface area contributed by atoms with E-state index in [-0.39, 0.29) is 13.1 Å². The molecule has 2 aliphatic rings. The zero-order valence-corrected chi connectivity index (χ0v) is 24.8. The first-order valence-electron chi connectivity index (χ1n) is 13.5. The number of hydrogen-bond donors (Lipinski definition) is 0. The Morgan fingerprint density at radius 3 is 1.29 bits per heavy atom. The molecule has 0 N–H and O–H groups in total. The summed E-state index contributed by atoms with van der Waals surface area (Å²) in [6.07, 6.45) is 3.32. The van der Waals surface area contributed by atoms with Crippen LogP contribution in [0.25, 0.3) is 0 Å². The van der Waals surface area contributed by atoms with Gasteiger partial charge >= 0.3 is 23.9 Å². The molecule has 232 valence electrons. The molecule has 0 bridgehead atoms. The number of ether oxygens (including phenoxy) is 4. The van der Waals surface area contributed by atoms with Crippen molar-refractivity contribution in [1.29, 1.82) is 0 Å². The van der Waals surface area contributed by atoms with Crippen LogP contribution in [-0.4, -0.2) is 110 Å². The highest BCUT2D eigenvalue weighted by Gasteiger charge is 2.44. The van der Waals surface area contributed by atoms with Crippen molar-refractivity contribution >= 4 is 47.3 Å². The average Bonchev–Trinajstić information content (AvgIpc) is 3.66. The summed E-state index contributed by atoms with van der Waals surface area (Å²) in [5.74, 6) is -6.72. The minimum absolute atomic E-state index is 0.216. The zero-order chi connectivity index (χ0) is 31.8. The second kappa shape index (κ2) is 14.2. The molecular weight excluding hydrogens is 556 g/mol. The van der Waals surface area contributed by atoms with Gasteiger partial charge in [0.15, 0.2) is 0 Å². The van der Waals surface area contributed by atoms with Gasteiger partial charge in [-0.05, 0) is 53.4 Å². The van der Waals surface area contributed by atoms with Crippen LogP contribution in [0.4, 0.5) is 0 Å². The predicted molar refractivity (Wildman–Crippen MR) is 142 cm³/mol. The molecule has 2 atom stereocenters. The van der Waals surface area contributed by atoms with E-state index in [9.17, 15) is 38.4 Å². The second-order valence-electron chi connectivity index (χ2n) is 11.3. The molecule has 2 amide bonds. The van der Waals surface area contributed by atoms with E-state index in [0.29, 0.717) is 25.7 Å². The van der Waals surface area contributed by atoms with Crippen LogP contribution in [0, 0.1) is 10.8 Å². The van der Waals surface area contributed by atoms with Gasteiger partial charge in [0.2, 0.25) is 11.6 Å². The van der Waals surface area contributed by atoms with E-state index >= 15 is 0 Å². The van der Waals surface area contributed by atoms with Gasteiger partial charge in [-0.15, -0.1) is 0 Å². The van der Waals surface area contributed by atoms with Crippen LogP contribution in [0.5, 0.6) is 0 Å². The first-order chi connectivity index (χ1) is 19.6. The fourth-order valence-electron chi connectivity index (χ4n) is 4.49. The summed E-state index contributed by atoms with van der Waals surface area (Å²) >= 11 is 0. The first kappa shape index (κ1) is 34.1. The topological polar surface area (TPSA) is 180 Å². The smallest absolute Gasteiger partial charge is 0.331 e.